The molecule has 5 rings (SSSR count). The van der Waals surface area contributed by atoms with Gasteiger partial charge in [-0.05, 0) is 37.1 Å². The van der Waals surface area contributed by atoms with Gasteiger partial charge in [0.1, 0.15) is 0 Å². The Balaban J connectivity index is 1.43. The predicted molar refractivity (Wildman–Crippen MR) is 128 cm³/mol. The molecule has 0 unspecified atom stereocenters. The predicted octanol–water partition coefficient (Wildman–Crippen LogP) is 4.21. The third-order valence-corrected chi connectivity index (χ3v) is 8.84. The van der Waals surface area contributed by atoms with Crippen LogP contribution in [0.5, 0.6) is 0 Å². The monoisotopic (exact) mass is 485 g/mol. The van der Waals surface area contributed by atoms with Crippen molar-refractivity contribution in [2.45, 2.75) is 17.6 Å². The first-order valence-corrected chi connectivity index (χ1v) is 13.1. The highest BCUT2D eigenvalue weighted by Gasteiger charge is 2.31. The van der Waals surface area contributed by atoms with E-state index in [1.165, 1.54) is 4.90 Å². The molecule has 1 aliphatic heterocycles. The second-order valence-electron chi connectivity index (χ2n) is 7.41. The van der Waals surface area contributed by atoms with Gasteiger partial charge in [-0.15, -0.1) is 11.3 Å². The molecule has 0 aliphatic carbocycles. The van der Waals surface area contributed by atoms with E-state index >= 15 is 0 Å². The minimum atomic E-state index is -3.88. The normalized spacial score (nSPS) is 15.0. The lowest BCUT2D eigenvalue weighted by Crippen LogP contribution is -2.49. The van der Waals surface area contributed by atoms with E-state index in [9.17, 15) is 13.2 Å². The number of nitrogens with two attached hydrogens (primary N) is 1. The van der Waals surface area contributed by atoms with Gasteiger partial charge in [-0.3, -0.25) is 9.80 Å². The second kappa shape index (κ2) is 7.93. The number of sulfonamides is 1. The molecule has 4 aromatic rings. The van der Waals surface area contributed by atoms with Gasteiger partial charge in [0.25, 0.3) is 0 Å². The summed E-state index contributed by atoms with van der Waals surface area (Å²) >= 11 is 2.53. The molecule has 0 spiro atoms. The number of hydrogen-bond donors (Lipinski definition) is 1. The molecule has 2 amide bonds. The van der Waals surface area contributed by atoms with Gasteiger partial charge in [-0.1, -0.05) is 35.6 Å². The summed E-state index contributed by atoms with van der Waals surface area (Å²) in [7, 11) is -3.88. The fourth-order valence-electron chi connectivity index (χ4n) is 3.83. The van der Waals surface area contributed by atoms with E-state index < -0.39 is 10.0 Å². The number of fused-ring (bicyclic) bond motifs is 1. The van der Waals surface area contributed by atoms with Crippen LogP contribution in [0.1, 0.15) is 12.1 Å². The van der Waals surface area contributed by atoms with Crippen LogP contribution in [0.25, 0.3) is 21.3 Å². The van der Waals surface area contributed by atoms with Crippen LogP contribution in [0.3, 0.4) is 0 Å². The Morgan fingerprint density at radius 3 is 2.53 bits per heavy atom. The topological polar surface area (TPSA) is 109 Å². The summed E-state index contributed by atoms with van der Waals surface area (Å²) in [5.74, 6) is 0. The van der Waals surface area contributed by atoms with Gasteiger partial charge in [0.05, 0.1) is 21.4 Å². The first kappa shape index (κ1) is 21.0. The van der Waals surface area contributed by atoms with E-state index in [-0.39, 0.29) is 10.2 Å². The summed E-state index contributed by atoms with van der Waals surface area (Å²) in [6.45, 7) is 2.62. The molecule has 8 nitrogen and oxygen atoms in total. The van der Waals surface area contributed by atoms with Gasteiger partial charge >= 0.3 is 6.03 Å². The zero-order chi connectivity index (χ0) is 22.5. The number of anilines is 2. The fraction of sp³-hybridized carbons (Fsp3) is 0.190. The third kappa shape index (κ3) is 3.66. The van der Waals surface area contributed by atoms with Crippen LogP contribution in [-0.2, 0) is 10.0 Å². The van der Waals surface area contributed by atoms with Crippen molar-refractivity contribution in [2.24, 2.45) is 5.14 Å². The lowest BCUT2D eigenvalue weighted by atomic mass is 10.0. The van der Waals surface area contributed by atoms with Crippen LogP contribution in [0.4, 0.5) is 15.6 Å². The number of hydrogen-bond acceptors (Lipinski definition) is 7. The van der Waals surface area contributed by atoms with E-state index in [1.54, 1.807) is 23.2 Å². The van der Waals surface area contributed by atoms with Crippen molar-refractivity contribution in [3.63, 3.8) is 0 Å². The van der Waals surface area contributed by atoms with E-state index in [1.807, 2.05) is 48.0 Å². The summed E-state index contributed by atoms with van der Waals surface area (Å²) in [4.78, 5) is 25.2. The number of benzene rings is 2. The van der Waals surface area contributed by atoms with Crippen LogP contribution < -0.4 is 14.9 Å². The molecule has 32 heavy (non-hydrogen) atoms. The Kier molecular flexibility index (Phi) is 5.20. The SMILES string of the molecule is Cc1nc(N2CCCN(c3ccc(-c4cccc5scnc45)cc3)C2=O)sc1S(N)(=O)=O. The van der Waals surface area contributed by atoms with Crippen molar-refractivity contribution in [1.82, 2.24) is 9.97 Å². The molecule has 164 valence electrons. The Bertz CT molecular complexity index is 1430. The Labute approximate surface area is 193 Å². The first-order valence-electron chi connectivity index (χ1n) is 9.85. The number of primary sulfonamides is 1. The van der Waals surface area contributed by atoms with Crippen LogP contribution in [0, 0.1) is 6.92 Å². The number of carbonyl (C=O) groups excluding carboxylic acids is 1. The van der Waals surface area contributed by atoms with Crippen LogP contribution in [0.2, 0.25) is 0 Å². The van der Waals surface area contributed by atoms with E-state index in [0.717, 1.165) is 44.8 Å². The number of para-hydroxylation sites is 1. The maximum atomic E-state index is 13.2. The average Bonchev–Trinajstić information content (AvgIpc) is 3.40. The number of thiazole rings is 2. The number of aryl methyl sites for hydroxylation is 1. The highest BCUT2D eigenvalue weighted by atomic mass is 32.2. The molecular weight excluding hydrogens is 466 g/mol. The number of nitrogens with zero attached hydrogens (tertiary/aromatic N) is 4. The Morgan fingerprint density at radius 2 is 1.81 bits per heavy atom. The van der Waals surface area contributed by atoms with Crippen molar-refractivity contribution in [1.29, 1.82) is 0 Å². The molecule has 2 N–H and O–H groups in total. The van der Waals surface area contributed by atoms with Crippen LogP contribution in [-0.4, -0.2) is 37.5 Å². The lowest BCUT2D eigenvalue weighted by Gasteiger charge is -2.34. The first-order chi connectivity index (χ1) is 15.3. The van der Waals surface area contributed by atoms with Crippen LogP contribution >= 0.6 is 22.7 Å². The van der Waals surface area contributed by atoms with Gasteiger partial charge in [-0.25, -0.2) is 28.3 Å². The highest BCUT2D eigenvalue weighted by Crippen LogP contribution is 2.34. The fourth-order valence-corrected chi connectivity index (χ4v) is 6.50. The number of carbonyl (C=O) groups is 1. The summed E-state index contributed by atoms with van der Waals surface area (Å²) in [5, 5.41) is 5.61. The summed E-state index contributed by atoms with van der Waals surface area (Å²) in [5.41, 5.74) is 5.96. The third-order valence-electron chi connectivity index (χ3n) is 5.31. The maximum absolute atomic E-state index is 13.2. The minimum Gasteiger partial charge on any atom is -0.294 e. The molecule has 0 saturated carbocycles. The highest BCUT2D eigenvalue weighted by molar-refractivity contribution is 7.91. The van der Waals surface area contributed by atoms with Gasteiger partial charge in [0, 0.05) is 24.3 Å². The Morgan fingerprint density at radius 1 is 1.06 bits per heavy atom. The van der Waals surface area contributed by atoms with Crippen molar-refractivity contribution in [2.75, 3.05) is 22.9 Å². The molecular formula is C21H19N5O3S3. The average molecular weight is 486 g/mol. The largest absolute Gasteiger partial charge is 0.330 e. The zero-order valence-corrected chi connectivity index (χ0v) is 19.5. The summed E-state index contributed by atoms with van der Waals surface area (Å²) in [6.07, 6.45) is 0.731. The maximum Gasteiger partial charge on any atom is 0.330 e. The molecule has 3 heterocycles. The van der Waals surface area contributed by atoms with E-state index in [2.05, 4.69) is 9.97 Å². The molecule has 1 fully saturated rings. The molecule has 1 saturated heterocycles. The molecule has 0 atom stereocenters. The molecule has 0 radical (unpaired) electrons. The quantitative estimate of drug-likeness (QED) is 0.466. The lowest BCUT2D eigenvalue weighted by molar-refractivity contribution is 0.248. The molecule has 11 heteroatoms. The van der Waals surface area contributed by atoms with Crippen LogP contribution in [0.15, 0.2) is 52.2 Å². The summed E-state index contributed by atoms with van der Waals surface area (Å²) in [6, 6.07) is 13.7. The Hall–Kier alpha value is -2.86. The minimum absolute atomic E-state index is 0.0157. The smallest absolute Gasteiger partial charge is 0.294 e. The number of urea groups is 1. The van der Waals surface area contributed by atoms with Crippen molar-refractivity contribution in [3.05, 3.63) is 53.7 Å². The molecule has 0 bridgehead atoms. The van der Waals surface area contributed by atoms with E-state index in [0.29, 0.717) is 23.9 Å². The zero-order valence-electron chi connectivity index (χ0n) is 17.1. The number of amides is 2. The molecule has 2 aromatic carbocycles. The van der Waals surface area contributed by atoms with Crippen molar-refractivity contribution in [3.8, 4) is 11.1 Å². The summed E-state index contributed by atoms with van der Waals surface area (Å²) < 4.78 is 24.6. The number of aromatic nitrogens is 2. The van der Waals surface area contributed by atoms with Gasteiger partial charge in [0.2, 0.25) is 10.0 Å². The van der Waals surface area contributed by atoms with Crippen molar-refractivity contribution >= 4 is 59.8 Å². The van der Waals surface area contributed by atoms with Crippen molar-refractivity contribution < 1.29 is 13.2 Å². The van der Waals surface area contributed by atoms with Gasteiger partial charge in [-0.2, -0.15) is 0 Å². The second-order valence-corrected chi connectivity index (χ2v) is 11.0. The van der Waals surface area contributed by atoms with Gasteiger partial charge in [0.15, 0.2) is 9.34 Å². The van der Waals surface area contributed by atoms with E-state index in [4.69, 9.17) is 5.14 Å². The van der Waals surface area contributed by atoms with Gasteiger partial charge < -0.3 is 0 Å². The molecule has 2 aromatic heterocycles. The number of rotatable bonds is 4. The standard InChI is InChI=1S/C21H19N5O3S3/c1-13-19(32(22,28)29)31-20(24-13)26-11-3-10-25(21(26)27)15-8-6-14(7-9-15)16-4-2-5-17-18(16)23-12-30-17/h2,4-9,12H,3,10-11H2,1H3,(H2,22,28,29). The molecule has 1 aliphatic rings.